The lowest BCUT2D eigenvalue weighted by molar-refractivity contribution is 0.0600. The number of carbonyl (C=O) groups excluding carboxylic acids is 1. The van der Waals surface area contributed by atoms with Gasteiger partial charge in [0.2, 0.25) is 0 Å². The first-order chi connectivity index (χ1) is 6.69. The Morgan fingerprint density at radius 1 is 1.79 bits per heavy atom. The fraction of sp³-hybridized carbons (Fsp3) is 0.222. The highest BCUT2D eigenvalue weighted by atomic mass is 35.5. The van der Waals surface area contributed by atoms with Crippen LogP contribution in [0.1, 0.15) is 15.9 Å². The Hall–Kier alpha value is -1.60. The van der Waals surface area contributed by atoms with Crippen molar-refractivity contribution in [2.75, 3.05) is 7.11 Å². The van der Waals surface area contributed by atoms with E-state index in [1.54, 1.807) is 0 Å². The van der Waals surface area contributed by atoms with Crippen LogP contribution in [0.25, 0.3) is 0 Å². The molecule has 72 valence electrons. The molecule has 0 aliphatic rings. The van der Waals surface area contributed by atoms with E-state index in [0.29, 0.717) is 5.56 Å². The van der Waals surface area contributed by atoms with Crippen molar-refractivity contribution in [3.05, 3.63) is 28.5 Å². The summed E-state index contributed by atoms with van der Waals surface area (Å²) in [5, 5.41) is 8.53. The molecule has 4 nitrogen and oxygen atoms in total. The van der Waals surface area contributed by atoms with E-state index in [1.165, 1.54) is 19.4 Å². The van der Waals surface area contributed by atoms with Gasteiger partial charge in [-0.2, -0.15) is 5.26 Å². The Bertz CT molecular complexity index is 398. The molecule has 0 amide bonds. The number of halogens is 1. The Morgan fingerprint density at radius 2 is 2.50 bits per heavy atom. The van der Waals surface area contributed by atoms with Crippen LogP contribution in [0.2, 0.25) is 5.15 Å². The predicted molar refractivity (Wildman–Crippen MR) is 49.9 cm³/mol. The third-order valence-electron chi connectivity index (χ3n) is 1.58. The zero-order valence-electron chi connectivity index (χ0n) is 7.45. The first-order valence-corrected chi connectivity index (χ1v) is 4.16. The van der Waals surface area contributed by atoms with Crippen LogP contribution in [0.5, 0.6) is 0 Å². The number of rotatable bonds is 2. The van der Waals surface area contributed by atoms with Gasteiger partial charge >= 0.3 is 5.97 Å². The maximum Gasteiger partial charge on any atom is 0.341 e. The summed E-state index contributed by atoms with van der Waals surface area (Å²) in [6.45, 7) is 0. The molecule has 0 aliphatic heterocycles. The molecular formula is C9H7ClN2O2. The van der Waals surface area contributed by atoms with E-state index in [9.17, 15) is 4.79 Å². The van der Waals surface area contributed by atoms with Crippen molar-refractivity contribution in [3.8, 4) is 6.07 Å². The van der Waals surface area contributed by atoms with Gasteiger partial charge in [0, 0.05) is 6.20 Å². The fourth-order valence-corrected chi connectivity index (χ4v) is 1.11. The van der Waals surface area contributed by atoms with E-state index in [4.69, 9.17) is 16.9 Å². The number of carbonyl (C=O) groups is 1. The summed E-state index contributed by atoms with van der Waals surface area (Å²) >= 11 is 5.68. The van der Waals surface area contributed by atoms with Crippen molar-refractivity contribution in [1.29, 1.82) is 5.26 Å². The highest BCUT2D eigenvalue weighted by molar-refractivity contribution is 6.32. The quantitative estimate of drug-likeness (QED) is 0.549. The Balaban J connectivity index is 3.09. The summed E-state index contributed by atoms with van der Waals surface area (Å²) in [7, 11) is 1.26. The number of pyridine rings is 1. The summed E-state index contributed by atoms with van der Waals surface area (Å²) in [6.07, 6.45) is 1.64. The molecule has 0 atom stereocenters. The molecule has 0 bridgehead atoms. The predicted octanol–water partition coefficient (Wildman–Crippen LogP) is 1.59. The lowest BCUT2D eigenvalue weighted by atomic mass is 10.1. The Kier molecular flexibility index (Phi) is 3.43. The smallest absolute Gasteiger partial charge is 0.341 e. The van der Waals surface area contributed by atoms with Gasteiger partial charge in [0.15, 0.2) is 0 Å². The largest absolute Gasteiger partial charge is 0.465 e. The van der Waals surface area contributed by atoms with Gasteiger partial charge in [-0.1, -0.05) is 11.6 Å². The molecule has 0 unspecified atom stereocenters. The van der Waals surface area contributed by atoms with E-state index in [1.807, 2.05) is 6.07 Å². The van der Waals surface area contributed by atoms with Crippen LogP contribution in [-0.4, -0.2) is 18.1 Å². The fourth-order valence-electron chi connectivity index (χ4n) is 0.932. The van der Waals surface area contributed by atoms with E-state index in [2.05, 4.69) is 9.72 Å². The first kappa shape index (κ1) is 10.5. The number of esters is 1. The van der Waals surface area contributed by atoms with Crippen molar-refractivity contribution in [1.82, 2.24) is 4.98 Å². The third-order valence-corrected chi connectivity index (χ3v) is 1.89. The van der Waals surface area contributed by atoms with Crippen molar-refractivity contribution in [2.45, 2.75) is 6.42 Å². The molecular weight excluding hydrogens is 204 g/mol. The van der Waals surface area contributed by atoms with Gasteiger partial charge in [-0.05, 0) is 11.6 Å². The summed E-state index contributed by atoms with van der Waals surface area (Å²) in [4.78, 5) is 14.9. The van der Waals surface area contributed by atoms with E-state index in [0.717, 1.165) is 0 Å². The minimum Gasteiger partial charge on any atom is -0.465 e. The zero-order valence-corrected chi connectivity index (χ0v) is 8.21. The Morgan fingerprint density at radius 3 is 3.07 bits per heavy atom. The summed E-state index contributed by atoms with van der Waals surface area (Å²) < 4.78 is 4.50. The number of nitrogens with zero attached hydrogens (tertiary/aromatic N) is 2. The molecule has 1 aromatic heterocycles. The Labute approximate surface area is 86.1 Å². The van der Waals surface area contributed by atoms with Gasteiger partial charge in [-0.3, -0.25) is 0 Å². The maximum absolute atomic E-state index is 11.2. The number of hydrogen-bond acceptors (Lipinski definition) is 4. The zero-order chi connectivity index (χ0) is 10.6. The van der Waals surface area contributed by atoms with Crippen LogP contribution >= 0.6 is 11.6 Å². The molecule has 0 aliphatic carbocycles. The molecule has 0 radical (unpaired) electrons. The van der Waals surface area contributed by atoms with Gasteiger partial charge in [-0.15, -0.1) is 0 Å². The second-order valence-electron chi connectivity index (χ2n) is 2.51. The lowest BCUT2D eigenvalue weighted by Crippen LogP contribution is -2.04. The SMILES string of the molecule is COC(=O)c1cc(CC#N)cnc1Cl. The standard InChI is InChI=1S/C9H7ClN2O2/c1-14-9(13)7-4-6(2-3-11)5-12-8(7)10/h4-5H,2H2,1H3. The minimum atomic E-state index is -0.553. The number of methoxy groups -OCH3 is 1. The van der Waals surface area contributed by atoms with E-state index < -0.39 is 5.97 Å². The number of ether oxygens (including phenoxy) is 1. The molecule has 0 N–H and O–H groups in total. The van der Waals surface area contributed by atoms with E-state index >= 15 is 0 Å². The van der Waals surface area contributed by atoms with Crippen LogP contribution in [0.3, 0.4) is 0 Å². The van der Waals surface area contributed by atoms with Crippen molar-refractivity contribution in [3.63, 3.8) is 0 Å². The summed E-state index contributed by atoms with van der Waals surface area (Å²) in [5.41, 5.74) is 0.819. The maximum atomic E-state index is 11.2. The van der Waals surface area contributed by atoms with E-state index in [-0.39, 0.29) is 17.1 Å². The van der Waals surface area contributed by atoms with Crippen LogP contribution in [0.4, 0.5) is 0 Å². The topological polar surface area (TPSA) is 63.0 Å². The second-order valence-corrected chi connectivity index (χ2v) is 2.87. The molecule has 0 saturated heterocycles. The number of hydrogen-bond donors (Lipinski definition) is 0. The molecule has 0 spiro atoms. The normalized spacial score (nSPS) is 9.21. The highest BCUT2D eigenvalue weighted by Crippen LogP contribution is 2.15. The molecule has 1 heterocycles. The lowest BCUT2D eigenvalue weighted by Gasteiger charge is -2.02. The van der Waals surface area contributed by atoms with Gasteiger partial charge < -0.3 is 4.74 Å². The molecule has 5 heteroatoms. The van der Waals surface area contributed by atoms with Gasteiger partial charge in [-0.25, -0.2) is 9.78 Å². The molecule has 1 rings (SSSR count). The van der Waals surface area contributed by atoms with Crippen LogP contribution in [0.15, 0.2) is 12.3 Å². The van der Waals surface area contributed by atoms with Crippen LogP contribution < -0.4 is 0 Å². The van der Waals surface area contributed by atoms with Crippen molar-refractivity contribution in [2.24, 2.45) is 0 Å². The highest BCUT2D eigenvalue weighted by Gasteiger charge is 2.12. The molecule has 0 saturated carbocycles. The average Bonchev–Trinajstić information content (AvgIpc) is 2.20. The summed E-state index contributed by atoms with van der Waals surface area (Å²) in [6, 6.07) is 3.46. The monoisotopic (exact) mass is 210 g/mol. The second kappa shape index (κ2) is 4.58. The third kappa shape index (κ3) is 2.21. The van der Waals surface area contributed by atoms with Gasteiger partial charge in [0.1, 0.15) is 5.15 Å². The van der Waals surface area contributed by atoms with Gasteiger partial charge in [0.25, 0.3) is 0 Å². The van der Waals surface area contributed by atoms with Crippen LogP contribution in [0, 0.1) is 11.3 Å². The van der Waals surface area contributed by atoms with Crippen LogP contribution in [-0.2, 0) is 11.2 Å². The van der Waals surface area contributed by atoms with Crippen molar-refractivity contribution < 1.29 is 9.53 Å². The summed E-state index contributed by atoms with van der Waals surface area (Å²) in [5.74, 6) is -0.553. The first-order valence-electron chi connectivity index (χ1n) is 3.78. The molecule has 0 fully saturated rings. The molecule has 0 aromatic carbocycles. The molecule has 14 heavy (non-hydrogen) atoms. The average molecular weight is 211 g/mol. The minimum absolute atomic E-state index is 0.0820. The van der Waals surface area contributed by atoms with Gasteiger partial charge in [0.05, 0.1) is 25.2 Å². The molecule has 1 aromatic rings. The number of aromatic nitrogens is 1. The van der Waals surface area contributed by atoms with Crippen molar-refractivity contribution >= 4 is 17.6 Å². The number of nitriles is 1.